The predicted octanol–water partition coefficient (Wildman–Crippen LogP) is 7.06. The van der Waals surface area contributed by atoms with Gasteiger partial charge in [0.2, 0.25) is 0 Å². The SMILES string of the molecule is CC(=O)c1cccc(C(F)(F)F)c1OCCCC1CCCCCCCC1C. The lowest BCUT2D eigenvalue weighted by molar-refractivity contribution is -0.139. The van der Waals surface area contributed by atoms with Crippen molar-refractivity contribution in [2.75, 3.05) is 6.61 Å². The summed E-state index contributed by atoms with van der Waals surface area (Å²) in [5.41, 5.74) is -0.869. The number of para-hydroxylation sites is 1. The van der Waals surface area contributed by atoms with E-state index in [-0.39, 0.29) is 17.9 Å². The number of hydrogen-bond acceptors (Lipinski definition) is 2. The van der Waals surface area contributed by atoms with Gasteiger partial charge in [0.25, 0.3) is 0 Å². The van der Waals surface area contributed by atoms with Gasteiger partial charge in [-0.25, -0.2) is 0 Å². The maximum absolute atomic E-state index is 13.3. The molecule has 0 spiro atoms. The van der Waals surface area contributed by atoms with Crippen LogP contribution >= 0.6 is 0 Å². The summed E-state index contributed by atoms with van der Waals surface area (Å²) in [6, 6.07) is 3.63. The first kappa shape index (κ1) is 21.8. The van der Waals surface area contributed by atoms with Crippen LogP contribution in [0.3, 0.4) is 0 Å². The Bertz CT molecular complexity index is 610. The summed E-state index contributed by atoms with van der Waals surface area (Å²) in [5.74, 6) is 0.524. The molecular weight excluding hydrogens is 353 g/mol. The minimum absolute atomic E-state index is 0.000588. The zero-order valence-corrected chi connectivity index (χ0v) is 16.4. The van der Waals surface area contributed by atoms with E-state index in [4.69, 9.17) is 4.74 Å². The second kappa shape index (κ2) is 10.1. The summed E-state index contributed by atoms with van der Waals surface area (Å²) < 4.78 is 45.3. The summed E-state index contributed by atoms with van der Waals surface area (Å²) >= 11 is 0. The molecule has 0 saturated heterocycles. The van der Waals surface area contributed by atoms with Crippen molar-refractivity contribution in [3.05, 3.63) is 29.3 Å². The van der Waals surface area contributed by atoms with Gasteiger partial charge in [-0.3, -0.25) is 4.79 Å². The van der Waals surface area contributed by atoms with E-state index in [2.05, 4.69) is 6.92 Å². The van der Waals surface area contributed by atoms with Gasteiger partial charge >= 0.3 is 6.18 Å². The highest BCUT2D eigenvalue weighted by molar-refractivity contribution is 5.97. The molecule has 0 aromatic heterocycles. The largest absolute Gasteiger partial charge is 0.492 e. The van der Waals surface area contributed by atoms with Crippen LogP contribution in [0.4, 0.5) is 13.2 Å². The highest BCUT2D eigenvalue weighted by Gasteiger charge is 2.36. The number of alkyl halides is 3. The van der Waals surface area contributed by atoms with E-state index < -0.39 is 17.5 Å². The molecule has 0 heterocycles. The summed E-state index contributed by atoms with van der Waals surface area (Å²) in [5, 5.41) is 0. The fraction of sp³-hybridized carbons (Fsp3) is 0.682. The third-order valence-electron chi connectivity index (χ3n) is 5.70. The molecule has 2 unspecified atom stereocenters. The average molecular weight is 384 g/mol. The van der Waals surface area contributed by atoms with Crippen LogP contribution in [0.1, 0.15) is 87.6 Å². The lowest BCUT2D eigenvalue weighted by Crippen LogP contribution is -2.15. The fourth-order valence-electron chi connectivity index (χ4n) is 4.06. The van der Waals surface area contributed by atoms with Gasteiger partial charge in [-0.1, -0.05) is 57.9 Å². The second-order valence-electron chi connectivity index (χ2n) is 7.81. The van der Waals surface area contributed by atoms with E-state index in [1.807, 2.05) is 0 Å². The van der Waals surface area contributed by atoms with Crippen molar-refractivity contribution in [3.8, 4) is 5.75 Å². The Balaban J connectivity index is 1.98. The van der Waals surface area contributed by atoms with Crippen molar-refractivity contribution in [1.82, 2.24) is 0 Å². The average Bonchev–Trinajstić information content (AvgIpc) is 2.70. The first-order valence-electron chi connectivity index (χ1n) is 10.1. The molecule has 27 heavy (non-hydrogen) atoms. The van der Waals surface area contributed by atoms with E-state index in [1.165, 1.54) is 64.0 Å². The molecule has 152 valence electrons. The van der Waals surface area contributed by atoms with Crippen LogP contribution in [0.5, 0.6) is 5.75 Å². The van der Waals surface area contributed by atoms with Crippen molar-refractivity contribution in [2.45, 2.75) is 77.8 Å². The quantitative estimate of drug-likeness (QED) is 0.387. The third-order valence-corrected chi connectivity index (χ3v) is 5.70. The lowest BCUT2D eigenvalue weighted by Gasteiger charge is -2.23. The monoisotopic (exact) mass is 384 g/mol. The van der Waals surface area contributed by atoms with Crippen LogP contribution in [0.2, 0.25) is 0 Å². The Morgan fingerprint density at radius 3 is 2.44 bits per heavy atom. The molecular formula is C22H31F3O2. The molecule has 5 heteroatoms. The number of rotatable bonds is 6. The van der Waals surface area contributed by atoms with E-state index >= 15 is 0 Å². The third kappa shape index (κ3) is 6.54. The molecule has 0 radical (unpaired) electrons. The van der Waals surface area contributed by atoms with Gasteiger partial charge in [0, 0.05) is 0 Å². The van der Waals surface area contributed by atoms with Crippen molar-refractivity contribution in [2.24, 2.45) is 11.8 Å². The Kier molecular flexibility index (Phi) is 8.18. The lowest BCUT2D eigenvalue weighted by atomic mass is 9.84. The minimum atomic E-state index is -4.53. The standard InChI is InChI=1S/C22H31F3O2/c1-16-10-6-4-3-5-7-11-18(16)12-9-15-27-21-19(17(2)26)13-8-14-20(21)22(23,24)25/h8,13-14,16,18H,3-7,9-12,15H2,1-2H3. The molecule has 0 bridgehead atoms. The Morgan fingerprint density at radius 2 is 1.78 bits per heavy atom. The summed E-state index contributed by atoms with van der Waals surface area (Å²) in [4.78, 5) is 11.7. The summed E-state index contributed by atoms with van der Waals surface area (Å²) in [6.45, 7) is 3.77. The Morgan fingerprint density at radius 1 is 1.11 bits per heavy atom. The van der Waals surface area contributed by atoms with Crippen LogP contribution in [0, 0.1) is 11.8 Å². The molecule has 1 aliphatic carbocycles. The van der Waals surface area contributed by atoms with Crippen LogP contribution in [-0.4, -0.2) is 12.4 Å². The predicted molar refractivity (Wildman–Crippen MR) is 101 cm³/mol. The molecule has 1 saturated carbocycles. The van der Waals surface area contributed by atoms with Gasteiger partial charge in [-0.15, -0.1) is 0 Å². The van der Waals surface area contributed by atoms with Crippen molar-refractivity contribution < 1.29 is 22.7 Å². The molecule has 0 N–H and O–H groups in total. The fourth-order valence-corrected chi connectivity index (χ4v) is 4.06. The van der Waals surface area contributed by atoms with E-state index in [1.54, 1.807) is 0 Å². The zero-order valence-electron chi connectivity index (χ0n) is 16.4. The topological polar surface area (TPSA) is 26.3 Å². The number of halogens is 3. The smallest absolute Gasteiger partial charge is 0.419 e. The normalized spacial score (nSPS) is 21.8. The maximum atomic E-state index is 13.3. The molecule has 1 aromatic rings. The van der Waals surface area contributed by atoms with Crippen LogP contribution < -0.4 is 4.74 Å². The number of benzene rings is 1. The van der Waals surface area contributed by atoms with Gasteiger partial charge < -0.3 is 4.74 Å². The second-order valence-corrected chi connectivity index (χ2v) is 7.81. The van der Waals surface area contributed by atoms with Gasteiger partial charge in [-0.2, -0.15) is 13.2 Å². The van der Waals surface area contributed by atoms with Crippen molar-refractivity contribution >= 4 is 5.78 Å². The Labute approximate surface area is 160 Å². The number of Topliss-reactive ketones (excluding diaryl/α,β-unsaturated/α-hetero) is 1. The number of carbonyl (C=O) groups is 1. The van der Waals surface area contributed by atoms with E-state index in [0.717, 1.165) is 12.5 Å². The number of carbonyl (C=O) groups excluding carboxylic acids is 1. The number of hydrogen-bond donors (Lipinski definition) is 0. The van der Waals surface area contributed by atoms with Gasteiger partial charge in [-0.05, 0) is 43.7 Å². The molecule has 1 fully saturated rings. The summed E-state index contributed by atoms with van der Waals surface area (Å²) in [6.07, 6.45) is 5.97. The van der Waals surface area contributed by atoms with Gasteiger partial charge in [0.15, 0.2) is 5.78 Å². The molecule has 2 nitrogen and oxygen atoms in total. The first-order chi connectivity index (χ1) is 12.8. The van der Waals surface area contributed by atoms with Crippen molar-refractivity contribution in [3.63, 3.8) is 0 Å². The van der Waals surface area contributed by atoms with Crippen LogP contribution in [0.15, 0.2) is 18.2 Å². The highest BCUT2D eigenvalue weighted by Crippen LogP contribution is 2.38. The Hall–Kier alpha value is -1.52. The summed E-state index contributed by atoms with van der Waals surface area (Å²) in [7, 11) is 0. The molecule has 0 amide bonds. The van der Waals surface area contributed by atoms with E-state index in [0.29, 0.717) is 18.3 Å². The van der Waals surface area contributed by atoms with Gasteiger partial charge in [0.1, 0.15) is 5.75 Å². The molecule has 2 rings (SSSR count). The van der Waals surface area contributed by atoms with Crippen molar-refractivity contribution in [1.29, 1.82) is 0 Å². The minimum Gasteiger partial charge on any atom is -0.492 e. The number of ketones is 1. The molecule has 1 aliphatic rings. The highest BCUT2D eigenvalue weighted by atomic mass is 19.4. The molecule has 0 aliphatic heterocycles. The van der Waals surface area contributed by atoms with Gasteiger partial charge in [0.05, 0.1) is 17.7 Å². The first-order valence-corrected chi connectivity index (χ1v) is 10.1. The van der Waals surface area contributed by atoms with Crippen LogP contribution in [0.25, 0.3) is 0 Å². The number of ether oxygens (including phenoxy) is 1. The molecule has 2 atom stereocenters. The zero-order chi connectivity index (χ0) is 19.9. The van der Waals surface area contributed by atoms with E-state index in [9.17, 15) is 18.0 Å². The maximum Gasteiger partial charge on any atom is 0.419 e. The van der Waals surface area contributed by atoms with Crippen LogP contribution in [-0.2, 0) is 6.18 Å². The molecule has 1 aromatic carbocycles.